The molecule has 4 aromatic rings. The fraction of sp³-hybridized carbons (Fsp3) is 0.179. The Labute approximate surface area is 199 Å². The second kappa shape index (κ2) is 10.2. The van der Waals surface area contributed by atoms with Crippen molar-refractivity contribution in [3.8, 4) is 22.4 Å². The maximum atomic E-state index is 13.5. The standard InChI is InChI=1S/C28H28N4O2/c1-4-32(5-2)22-16-17-23(19(3)18-22)29-27(33)25-24(20-12-8-6-9-13-20)26(30-31-28(25)34)21-14-10-7-11-15-21/h6-18H,4-5H2,1-3H3,(H,29,33)(H,31,34). The van der Waals surface area contributed by atoms with Crippen LogP contribution in [-0.4, -0.2) is 29.2 Å². The lowest BCUT2D eigenvalue weighted by Crippen LogP contribution is -2.26. The number of aryl methyl sites for hydroxylation is 1. The van der Waals surface area contributed by atoms with Crippen molar-refractivity contribution in [1.29, 1.82) is 0 Å². The van der Waals surface area contributed by atoms with E-state index in [0.29, 0.717) is 16.9 Å². The number of aromatic nitrogens is 2. The first-order chi connectivity index (χ1) is 16.5. The highest BCUT2D eigenvalue weighted by Gasteiger charge is 2.23. The maximum Gasteiger partial charge on any atom is 0.277 e. The van der Waals surface area contributed by atoms with Crippen LogP contribution in [0.15, 0.2) is 83.7 Å². The first kappa shape index (κ1) is 23.0. The van der Waals surface area contributed by atoms with Crippen LogP contribution >= 0.6 is 0 Å². The number of amides is 1. The third kappa shape index (κ3) is 4.62. The summed E-state index contributed by atoms with van der Waals surface area (Å²) in [4.78, 5) is 28.7. The molecule has 1 amide bonds. The van der Waals surface area contributed by atoms with Gasteiger partial charge in [0.1, 0.15) is 5.56 Å². The van der Waals surface area contributed by atoms with Gasteiger partial charge in [-0.05, 0) is 50.1 Å². The van der Waals surface area contributed by atoms with E-state index in [4.69, 9.17) is 0 Å². The molecule has 1 aromatic heterocycles. The summed E-state index contributed by atoms with van der Waals surface area (Å²) >= 11 is 0. The van der Waals surface area contributed by atoms with Crippen LogP contribution in [0.4, 0.5) is 11.4 Å². The van der Waals surface area contributed by atoms with Crippen molar-refractivity contribution in [3.63, 3.8) is 0 Å². The Morgan fingerprint density at radius 2 is 1.53 bits per heavy atom. The van der Waals surface area contributed by atoms with Gasteiger partial charge in [0.15, 0.2) is 0 Å². The summed E-state index contributed by atoms with van der Waals surface area (Å²) in [5.74, 6) is -0.474. The highest BCUT2D eigenvalue weighted by atomic mass is 16.2. The number of hydrogen-bond acceptors (Lipinski definition) is 4. The summed E-state index contributed by atoms with van der Waals surface area (Å²) in [7, 11) is 0. The van der Waals surface area contributed by atoms with E-state index in [1.54, 1.807) is 0 Å². The molecule has 6 heteroatoms. The SMILES string of the molecule is CCN(CC)c1ccc(NC(=O)c2c(-c3ccccc3)c(-c3ccccc3)n[nH]c2=O)c(C)c1. The van der Waals surface area contributed by atoms with Crippen LogP contribution in [0.2, 0.25) is 0 Å². The molecule has 0 bridgehead atoms. The second-order valence-electron chi connectivity index (χ2n) is 8.01. The van der Waals surface area contributed by atoms with Gasteiger partial charge in [-0.15, -0.1) is 0 Å². The predicted molar refractivity (Wildman–Crippen MR) is 138 cm³/mol. The highest BCUT2D eigenvalue weighted by molar-refractivity contribution is 6.10. The third-order valence-corrected chi connectivity index (χ3v) is 5.91. The molecule has 172 valence electrons. The van der Waals surface area contributed by atoms with Gasteiger partial charge >= 0.3 is 0 Å². The molecule has 34 heavy (non-hydrogen) atoms. The molecule has 0 atom stereocenters. The lowest BCUT2D eigenvalue weighted by atomic mass is 9.95. The van der Waals surface area contributed by atoms with E-state index in [-0.39, 0.29) is 5.56 Å². The van der Waals surface area contributed by atoms with Gasteiger partial charge in [-0.2, -0.15) is 5.10 Å². The minimum absolute atomic E-state index is 0.0345. The van der Waals surface area contributed by atoms with Gasteiger partial charge in [-0.25, -0.2) is 5.10 Å². The van der Waals surface area contributed by atoms with Gasteiger partial charge in [0.05, 0.1) is 5.69 Å². The van der Waals surface area contributed by atoms with E-state index in [0.717, 1.165) is 35.5 Å². The van der Waals surface area contributed by atoms with Gasteiger partial charge in [0, 0.05) is 35.6 Å². The Bertz CT molecular complexity index is 1340. The maximum absolute atomic E-state index is 13.5. The lowest BCUT2D eigenvalue weighted by molar-refractivity contribution is 0.102. The molecule has 0 radical (unpaired) electrons. The van der Waals surface area contributed by atoms with E-state index in [2.05, 4.69) is 34.3 Å². The summed E-state index contributed by atoms with van der Waals surface area (Å²) in [5, 5.41) is 9.80. The van der Waals surface area contributed by atoms with Crippen molar-refractivity contribution in [2.75, 3.05) is 23.3 Å². The zero-order valence-electron chi connectivity index (χ0n) is 19.6. The van der Waals surface area contributed by atoms with E-state index >= 15 is 0 Å². The van der Waals surface area contributed by atoms with Crippen LogP contribution in [0.5, 0.6) is 0 Å². The van der Waals surface area contributed by atoms with Gasteiger partial charge < -0.3 is 10.2 Å². The normalized spacial score (nSPS) is 10.7. The molecule has 0 fully saturated rings. The zero-order valence-corrected chi connectivity index (χ0v) is 19.6. The number of aromatic amines is 1. The van der Waals surface area contributed by atoms with Crippen molar-refractivity contribution < 1.29 is 4.79 Å². The molecular weight excluding hydrogens is 424 g/mol. The Balaban J connectivity index is 1.80. The quantitative estimate of drug-likeness (QED) is 0.388. The second-order valence-corrected chi connectivity index (χ2v) is 8.01. The number of carbonyl (C=O) groups excluding carboxylic acids is 1. The van der Waals surface area contributed by atoms with Gasteiger partial charge in [0.2, 0.25) is 0 Å². The molecule has 0 aliphatic heterocycles. The molecule has 2 N–H and O–H groups in total. The van der Waals surface area contributed by atoms with Crippen molar-refractivity contribution in [2.45, 2.75) is 20.8 Å². The Kier molecular flexibility index (Phi) is 6.87. The van der Waals surface area contributed by atoms with Crippen LogP contribution in [0.1, 0.15) is 29.8 Å². The number of hydrogen-bond donors (Lipinski definition) is 2. The number of H-pyrrole nitrogens is 1. The largest absolute Gasteiger partial charge is 0.372 e. The number of rotatable bonds is 7. The van der Waals surface area contributed by atoms with Crippen molar-refractivity contribution >= 4 is 17.3 Å². The van der Waals surface area contributed by atoms with Crippen molar-refractivity contribution in [2.24, 2.45) is 0 Å². The van der Waals surface area contributed by atoms with Crippen LogP contribution in [0, 0.1) is 6.92 Å². The molecule has 6 nitrogen and oxygen atoms in total. The Hall–Kier alpha value is -4.19. The first-order valence-corrected chi connectivity index (χ1v) is 11.4. The smallest absolute Gasteiger partial charge is 0.277 e. The number of anilines is 2. The minimum atomic E-state index is -0.534. The summed E-state index contributed by atoms with van der Waals surface area (Å²) in [6.07, 6.45) is 0. The average Bonchev–Trinajstić information content (AvgIpc) is 2.87. The molecule has 0 unspecified atom stereocenters. The van der Waals surface area contributed by atoms with Crippen LogP contribution in [-0.2, 0) is 0 Å². The molecular formula is C28H28N4O2. The third-order valence-electron chi connectivity index (χ3n) is 5.91. The molecule has 0 saturated carbocycles. The summed E-state index contributed by atoms with van der Waals surface area (Å²) < 4.78 is 0. The van der Waals surface area contributed by atoms with E-state index in [1.807, 2.05) is 85.8 Å². The Morgan fingerprint density at radius 1 is 0.912 bits per heavy atom. The summed E-state index contributed by atoms with van der Waals surface area (Å²) in [6, 6.07) is 24.9. The topological polar surface area (TPSA) is 78.1 Å². The summed E-state index contributed by atoms with van der Waals surface area (Å²) in [5.41, 5.74) is 4.80. The molecule has 0 aliphatic rings. The predicted octanol–water partition coefficient (Wildman–Crippen LogP) is 5.51. The lowest BCUT2D eigenvalue weighted by Gasteiger charge is -2.22. The van der Waals surface area contributed by atoms with Crippen molar-refractivity contribution in [3.05, 3.63) is 100 Å². The molecule has 3 aromatic carbocycles. The molecule has 4 rings (SSSR count). The zero-order chi connectivity index (χ0) is 24.1. The number of nitrogens with zero attached hydrogens (tertiary/aromatic N) is 2. The minimum Gasteiger partial charge on any atom is -0.372 e. The summed E-state index contributed by atoms with van der Waals surface area (Å²) in [6.45, 7) is 7.97. The highest BCUT2D eigenvalue weighted by Crippen LogP contribution is 2.32. The average molecular weight is 453 g/mol. The van der Waals surface area contributed by atoms with E-state index in [9.17, 15) is 9.59 Å². The fourth-order valence-electron chi connectivity index (χ4n) is 4.12. The van der Waals surface area contributed by atoms with Gasteiger partial charge in [0.25, 0.3) is 11.5 Å². The number of carbonyl (C=O) groups is 1. The van der Waals surface area contributed by atoms with Gasteiger partial charge in [-0.1, -0.05) is 60.7 Å². The van der Waals surface area contributed by atoms with Gasteiger partial charge in [-0.3, -0.25) is 9.59 Å². The molecule has 1 heterocycles. The number of nitrogens with one attached hydrogen (secondary N) is 2. The first-order valence-electron chi connectivity index (χ1n) is 11.4. The van der Waals surface area contributed by atoms with Crippen LogP contribution in [0.3, 0.4) is 0 Å². The fourth-order valence-corrected chi connectivity index (χ4v) is 4.12. The molecule has 0 spiro atoms. The van der Waals surface area contributed by atoms with E-state index < -0.39 is 11.5 Å². The Morgan fingerprint density at radius 3 is 2.12 bits per heavy atom. The number of benzene rings is 3. The molecule has 0 saturated heterocycles. The molecule has 0 aliphatic carbocycles. The van der Waals surface area contributed by atoms with Crippen molar-refractivity contribution in [1.82, 2.24) is 10.2 Å². The monoisotopic (exact) mass is 452 g/mol. The van der Waals surface area contributed by atoms with Crippen LogP contribution < -0.4 is 15.8 Å². The van der Waals surface area contributed by atoms with E-state index in [1.165, 1.54) is 0 Å². The van der Waals surface area contributed by atoms with Crippen LogP contribution in [0.25, 0.3) is 22.4 Å².